The maximum absolute atomic E-state index is 6.14. The third-order valence-electron chi connectivity index (χ3n) is 3.35. The van der Waals surface area contributed by atoms with Gasteiger partial charge in [0.15, 0.2) is 0 Å². The van der Waals surface area contributed by atoms with Crippen LogP contribution in [0.25, 0.3) is 0 Å². The molecule has 23 heavy (non-hydrogen) atoms. The van der Waals surface area contributed by atoms with Crippen molar-refractivity contribution in [1.82, 2.24) is 9.97 Å². The van der Waals surface area contributed by atoms with Gasteiger partial charge in [0.2, 0.25) is 5.95 Å². The van der Waals surface area contributed by atoms with Gasteiger partial charge in [-0.2, -0.15) is 4.98 Å². The number of benzene rings is 1. The van der Waals surface area contributed by atoms with Crippen molar-refractivity contribution in [3.63, 3.8) is 0 Å². The zero-order valence-electron chi connectivity index (χ0n) is 13.8. The standard InChI is InChI=1S/C17H23ClN4O/c1-4-5-6-9-19-16-10-12(2)20-17(22-16)21-13-7-8-15(23-3)14(18)11-13/h7-8,10-11H,4-6,9H2,1-3H3,(H2,19,20,21,22). The average molecular weight is 335 g/mol. The number of ether oxygens (including phenoxy) is 1. The number of unbranched alkanes of at least 4 members (excludes halogenated alkanes) is 2. The highest BCUT2D eigenvalue weighted by Crippen LogP contribution is 2.28. The summed E-state index contributed by atoms with van der Waals surface area (Å²) in [4.78, 5) is 8.90. The predicted molar refractivity (Wildman–Crippen MR) is 96.1 cm³/mol. The Bertz CT molecular complexity index is 648. The van der Waals surface area contributed by atoms with E-state index in [1.807, 2.05) is 25.1 Å². The Hall–Kier alpha value is -2.01. The topological polar surface area (TPSA) is 59.1 Å². The molecule has 0 radical (unpaired) electrons. The van der Waals surface area contributed by atoms with E-state index in [0.29, 0.717) is 16.7 Å². The highest BCUT2D eigenvalue weighted by Gasteiger charge is 2.05. The lowest BCUT2D eigenvalue weighted by Crippen LogP contribution is -2.06. The van der Waals surface area contributed by atoms with Crippen molar-refractivity contribution >= 4 is 29.1 Å². The normalized spacial score (nSPS) is 10.4. The number of halogens is 1. The molecule has 0 aliphatic rings. The van der Waals surface area contributed by atoms with Crippen LogP contribution in [0.1, 0.15) is 31.9 Å². The molecule has 124 valence electrons. The van der Waals surface area contributed by atoms with E-state index in [1.54, 1.807) is 13.2 Å². The Kier molecular flexibility index (Phi) is 6.47. The molecule has 0 bridgehead atoms. The molecule has 0 atom stereocenters. The summed E-state index contributed by atoms with van der Waals surface area (Å²) in [5, 5.41) is 7.06. The number of hydrogen-bond donors (Lipinski definition) is 2. The second-order valence-corrected chi connectivity index (χ2v) is 5.73. The second-order valence-electron chi connectivity index (χ2n) is 5.33. The monoisotopic (exact) mass is 334 g/mol. The molecule has 2 N–H and O–H groups in total. The molecule has 0 saturated carbocycles. The van der Waals surface area contributed by atoms with Gasteiger partial charge in [0.25, 0.3) is 0 Å². The molecule has 0 aliphatic heterocycles. The number of nitrogens with one attached hydrogen (secondary N) is 2. The summed E-state index contributed by atoms with van der Waals surface area (Å²) in [6.07, 6.45) is 3.55. The van der Waals surface area contributed by atoms with Gasteiger partial charge in [-0.05, 0) is 31.5 Å². The van der Waals surface area contributed by atoms with Gasteiger partial charge >= 0.3 is 0 Å². The third-order valence-corrected chi connectivity index (χ3v) is 3.64. The van der Waals surface area contributed by atoms with Crippen molar-refractivity contribution in [2.45, 2.75) is 33.1 Å². The number of anilines is 3. The van der Waals surface area contributed by atoms with Gasteiger partial charge < -0.3 is 15.4 Å². The first-order valence-corrected chi connectivity index (χ1v) is 8.20. The molecule has 1 aromatic carbocycles. The lowest BCUT2D eigenvalue weighted by Gasteiger charge is -2.11. The number of aromatic nitrogens is 2. The molecule has 1 heterocycles. The van der Waals surface area contributed by atoms with Crippen LogP contribution in [0, 0.1) is 6.92 Å². The molecule has 5 nitrogen and oxygen atoms in total. The van der Waals surface area contributed by atoms with Crippen LogP contribution >= 0.6 is 11.6 Å². The van der Waals surface area contributed by atoms with Crippen LogP contribution < -0.4 is 15.4 Å². The van der Waals surface area contributed by atoms with Crippen LogP contribution in [0.15, 0.2) is 24.3 Å². The van der Waals surface area contributed by atoms with E-state index in [-0.39, 0.29) is 0 Å². The first kappa shape index (κ1) is 17.3. The zero-order chi connectivity index (χ0) is 16.7. The molecular formula is C17H23ClN4O. The van der Waals surface area contributed by atoms with Gasteiger partial charge in [-0.15, -0.1) is 0 Å². The summed E-state index contributed by atoms with van der Waals surface area (Å²) in [5.41, 5.74) is 1.72. The number of nitrogens with zero attached hydrogens (tertiary/aromatic N) is 2. The fraction of sp³-hybridized carbons (Fsp3) is 0.412. The first-order chi connectivity index (χ1) is 11.1. The van der Waals surface area contributed by atoms with Crippen molar-refractivity contribution in [2.24, 2.45) is 0 Å². The molecule has 0 aliphatic carbocycles. The van der Waals surface area contributed by atoms with Crippen LogP contribution in [0.2, 0.25) is 5.02 Å². The third kappa shape index (κ3) is 5.28. The SMILES string of the molecule is CCCCCNc1cc(C)nc(Nc2ccc(OC)c(Cl)c2)n1. The highest BCUT2D eigenvalue weighted by molar-refractivity contribution is 6.32. The van der Waals surface area contributed by atoms with Gasteiger partial charge in [0, 0.05) is 24.0 Å². The minimum atomic E-state index is 0.545. The maximum atomic E-state index is 6.14. The fourth-order valence-corrected chi connectivity index (χ4v) is 2.44. The molecule has 1 aromatic heterocycles. The van der Waals surface area contributed by atoms with Crippen molar-refractivity contribution in [1.29, 1.82) is 0 Å². The van der Waals surface area contributed by atoms with E-state index in [1.165, 1.54) is 12.8 Å². The summed E-state index contributed by atoms with van der Waals surface area (Å²) in [6, 6.07) is 7.42. The number of aryl methyl sites for hydroxylation is 1. The summed E-state index contributed by atoms with van der Waals surface area (Å²) in [7, 11) is 1.59. The van der Waals surface area contributed by atoms with Gasteiger partial charge in [-0.1, -0.05) is 31.4 Å². The van der Waals surface area contributed by atoms with E-state index >= 15 is 0 Å². The van der Waals surface area contributed by atoms with Crippen molar-refractivity contribution in [2.75, 3.05) is 24.3 Å². The van der Waals surface area contributed by atoms with E-state index in [9.17, 15) is 0 Å². The molecule has 0 unspecified atom stereocenters. The predicted octanol–water partition coefficient (Wildman–Crippen LogP) is 4.79. The van der Waals surface area contributed by atoms with Gasteiger partial charge in [-0.25, -0.2) is 4.98 Å². The highest BCUT2D eigenvalue weighted by atomic mass is 35.5. The van der Waals surface area contributed by atoms with Gasteiger partial charge in [-0.3, -0.25) is 0 Å². The second kappa shape index (κ2) is 8.58. The van der Waals surface area contributed by atoms with Crippen molar-refractivity contribution in [3.05, 3.63) is 35.0 Å². The Morgan fingerprint density at radius 1 is 1.17 bits per heavy atom. The van der Waals surface area contributed by atoms with E-state index in [2.05, 4.69) is 27.5 Å². The molecule has 0 fully saturated rings. The van der Waals surface area contributed by atoms with Gasteiger partial charge in [0.1, 0.15) is 11.6 Å². The summed E-state index contributed by atoms with van der Waals surface area (Å²) in [6.45, 7) is 5.06. The molecule has 2 aromatic rings. The van der Waals surface area contributed by atoms with E-state index in [4.69, 9.17) is 16.3 Å². The molecule has 0 saturated heterocycles. The Morgan fingerprint density at radius 3 is 2.70 bits per heavy atom. The fourth-order valence-electron chi connectivity index (χ4n) is 2.18. The van der Waals surface area contributed by atoms with Gasteiger partial charge in [0.05, 0.1) is 12.1 Å². The number of rotatable bonds is 8. The molecular weight excluding hydrogens is 312 g/mol. The Labute approximate surface area is 142 Å². The van der Waals surface area contributed by atoms with Crippen LogP contribution in [-0.2, 0) is 0 Å². The minimum absolute atomic E-state index is 0.545. The summed E-state index contributed by atoms with van der Waals surface area (Å²) < 4.78 is 5.15. The number of methoxy groups -OCH3 is 1. The summed E-state index contributed by atoms with van der Waals surface area (Å²) >= 11 is 6.14. The Morgan fingerprint density at radius 2 is 2.00 bits per heavy atom. The van der Waals surface area contributed by atoms with Crippen LogP contribution in [0.4, 0.5) is 17.5 Å². The van der Waals surface area contributed by atoms with Crippen molar-refractivity contribution in [3.8, 4) is 5.75 Å². The lowest BCUT2D eigenvalue weighted by molar-refractivity contribution is 0.415. The van der Waals surface area contributed by atoms with E-state index in [0.717, 1.165) is 30.2 Å². The molecule has 6 heteroatoms. The van der Waals surface area contributed by atoms with E-state index < -0.39 is 0 Å². The Balaban J connectivity index is 2.07. The largest absolute Gasteiger partial charge is 0.495 e. The quantitative estimate of drug-likeness (QED) is 0.679. The van der Waals surface area contributed by atoms with Crippen molar-refractivity contribution < 1.29 is 4.74 Å². The maximum Gasteiger partial charge on any atom is 0.229 e. The van der Waals surface area contributed by atoms with Crippen LogP contribution in [-0.4, -0.2) is 23.6 Å². The molecule has 2 rings (SSSR count). The molecule has 0 amide bonds. The molecule has 0 spiro atoms. The smallest absolute Gasteiger partial charge is 0.229 e. The first-order valence-electron chi connectivity index (χ1n) is 7.82. The van der Waals surface area contributed by atoms with Crippen LogP contribution in [0.5, 0.6) is 5.75 Å². The number of hydrogen-bond acceptors (Lipinski definition) is 5. The van der Waals surface area contributed by atoms with Crippen LogP contribution in [0.3, 0.4) is 0 Å². The average Bonchev–Trinajstić information content (AvgIpc) is 2.51. The summed E-state index contributed by atoms with van der Waals surface area (Å²) in [5.74, 6) is 2.01. The minimum Gasteiger partial charge on any atom is -0.495 e. The zero-order valence-corrected chi connectivity index (χ0v) is 14.6. The lowest BCUT2D eigenvalue weighted by atomic mass is 10.2.